The van der Waals surface area contributed by atoms with Crippen molar-refractivity contribution in [3.8, 4) is 5.75 Å². The Hall–Kier alpha value is -3.30. The number of carbonyl (C=O) groups excluding carboxylic acids is 3. The van der Waals surface area contributed by atoms with E-state index in [1.807, 2.05) is 4.90 Å². The van der Waals surface area contributed by atoms with Crippen molar-refractivity contribution in [1.82, 2.24) is 15.1 Å². The zero-order valence-corrected chi connectivity index (χ0v) is 18.5. The van der Waals surface area contributed by atoms with Gasteiger partial charge in [-0.3, -0.25) is 24.6 Å². The van der Waals surface area contributed by atoms with Crippen molar-refractivity contribution < 1.29 is 32.4 Å². The Balaban J connectivity index is 1.35. The summed E-state index contributed by atoms with van der Waals surface area (Å²) in [7, 11) is 0. The molecule has 1 N–H and O–H groups in total. The van der Waals surface area contributed by atoms with Gasteiger partial charge < -0.3 is 14.4 Å². The summed E-state index contributed by atoms with van der Waals surface area (Å²) >= 11 is 0. The van der Waals surface area contributed by atoms with Crippen molar-refractivity contribution in [3.05, 3.63) is 64.4 Å². The minimum Gasteiger partial charge on any atom is -0.488 e. The van der Waals surface area contributed by atoms with Crippen LogP contribution in [0.1, 0.15) is 44.0 Å². The zero-order valence-electron chi connectivity index (χ0n) is 21.5. The van der Waals surface area contributed by atoms with Gasteiger partial charge in [-0.25, -0.2) is 4.39 Å². The normalized spacial score (nSPS) is 22.1. The number of amides is 3. The third-order valence-electron chi connectivity index (χ3n) is 6.29. The Morgan fingerprint density at radius 1 is 1.21 bits per heavy atom. The minimum absolute atomic E-state index is 0.0821. The van der Waals surface area contributed by atoms with Gasteiger partial charge in [0.05, 0.1) is 23.9 Å². The van der Waals surface area contributed by atoms with Gasteiger partial charge in [-0.05, 0) is 30.2 Å². The standard InChI is InChI=1S/C25H26FN3O5/c26-20-12-16(13-28-8-10-33-11-9-28)4-5-17(20)15-34-22-3-1-2-18-19(22)14-29(25(18)32)21-6-7-23(30)27-24(21)31/h1-5,12,21H,6-11,13-15H2,(H,27,30,31)/t21-/m0/s1/i4D,5D,12D. The first kappa shape index (κ1) is 19.1. The molecule has 0 aliphatic carbocycles. The summed E-state index contributed by atoms with van der Waals surface area (Å²) in [6.45, 7) is 2.12. The molecule has 0 aromatic heterocycles. The maximum Gasteiger partial charge on any atom is 0.255 e. The summed E-state index contributed by atoms with van der Waals surface area (Å²) in [5.41, 5.74) is 0.811. The third-order valence-corrected chi connectivity index (χ3v) is 6.29. The Morgan fingerprint density at radius 3 is 2.82 bits per heavy atom. The molecule has 0 spiro atoms. The van der Waals surface area contributed by atoms with E-state index in [-0.39, 0.29) is 66.7 Å². The maximum atomic E-state index is 15.2. The summed E-state index contributed by atoms with van der Waals surface area (Å²) in [6.07, 6.45) is 0.362. The summed E-state index contributed by atoms with van der Waals surface area (Å²) in [4.78, 5) is 40.2. The maximum absolute atomic E-state index is 15.2. The number of benzene rings is 2. The molecule has 2 aromatic rings. The lowest BCUT2D eigenvalue weighted by Crippen LogP contribution is -2.52. The molecule has 178 valence electrons. The Labute approximate surface area is 200 Å². The van der Waals surface area contributed by atoms with Crippen LogP contribution < -0.4 is 10.1 Å². The second kappa shape index (κ2) is 9.52. The van der Waals surface area contributed by atoms with Crippen LogP contribution in [0.25, 0.3) is 0 Å². The molecule has 8 nitrogen and oxygen atoms in total. The molecule has 3 amide bonds. The second-order valence-electron chi connectivity index (χ2n) is 8.51. The fourth-order valence-electron chi connectivity index (χ4n) is 4.45. The van der Waals surface area contributed by atoms with Crippen molar-refractivity contribution in [2.75, 3.05) is 26.3 Å². The van der Waals surface area contributed by atoms with Gasteiger partial charge in [-0.1, -0.05) is 18.2 Å². The first-order valence-electron chi connectivity index (χ1n) is 12.7. The van der Waals surface area contributed by atoms with E-state index in [2.05, 4.69) is 5.32 Å². The van der Waals surface area contributed by atoms with Crippen molar-refractivity contribution in [2.24, 2.45) is 0 Å². The van der Waals surface area contributed by atoms with Crippen molar-refractivity contribution in [1.29, 1.82) is 0 Å². The van der Waals surface area contributed by atoms with Crippen LogP contribution in [0, 0.1) is 5.82 Å². The zero-order chi connectivity index (χ0) is 26.3. The predicted octanol–water partition coefficient (Wildman–Crippen LogP) is 2.00. The third kappa shape index (κ3) is 4.53. The minimum atomic E-state index is -0.905. The fourth-order valence-corrected chi connectivity index (χ4v) is 4.45. The number of rotatable bonds is 6. The SMILES string of the molecule is [2H]c1c([2H])c(COc2cccc3c2CN([C@H]2CCC(=O)NC2=O)C3=O)c(F)c([2H])c1CN1CCOCC1. The van der Waals surface area contributed by atoms with E-state index < -0.39 is 30.4 Å². The second-order valence-corrected chi connectivity index (χ2v) is 8.51. The number of morpholine rings is 1. The van der Waals surface area contributed by atoms with E-state index in [0.717, 1.165) is 0 Å². The number of fused-ring (bicyclic) bond motifs is 1. The average molecular weight is 471 g/mol. The van der Waals surface area contributed by atoms with Gasteiger partial charge in [-0.2, -0.15) is 0 Å². The first-order valence-corrected chi connectivity index (χ1v) is 11.2. The number of imide groups is 1. The largest absolute Gasteiger partial charge is 0.488 e. The smallest absolute Gasteiger partial charge is 0.255 e. The van der Waals surface area contributed by atoms with E-state index >= 15 is 4.39 Å². The van der Waals surface area contributed by atoms with Crippen LogP contribution in [0.4, 0.5) is 4.39 Å². The molecule has 2 fully saturated rings. The van der Waals surface area contributed by atoms with Gasteiger partial charge in [0.25, 0.3) is 5.91 Å². The molecule has 0 bridgehead atoms. The molecule has 2 aromatic carbocycles. The molecular formula is C25H26FN3O5. The van der Waals surface area contributed by atoms with Crippen LogP contribution in [-0.4, -0.2) is 59.9 Å². The van der Waals surface area contributed by atoms with Gasteiger partial charge in [0.1, 0.15) is 24.2 Å². The first-order chi connectivity index (χ1) is 17.8. The van der Waals surface area contributed by atoms with Crippen LogP contribution in [0.3, 0.4) is 0 Å². The Kier molecular flexibility index (Phi) is 5.33. The van der Waals surface area contributed by atoms with Crippen LogP contribution in [0.2, 0.25) is 0 Å². The summed E-state index contributed by atoms with van der Waals surface area (Å²) in [5, 5.41) is 2.26. The molecule has 0 radical (unpaired) electrons. The van der Waals surface area contributed by atoms with Crippen LogP contribution in [0.5, 0.6) is 5.75 Å². The quantitative estimate of drug-likeness (QED) is 0.650. The Bertz CT molecular complexity index is 1260. The lowest BCUT2D eigenvalue weighted by molar-refractivity contribution is -0.136. The van der Waals surface area contributed by atoms with Gasteiger partial charge >= 0.3 is 0 Å². The predicted molar refractivity (Wildman–Crippen MR) is 119 cm³/mol. The molecule has 2 saturated heterocycles. The number of nitrogens with one attached hydrogen (secondary N) is 1. The van der Waals surface area contributed by atoms with Crippen molar-refractivity contribution in [3.63, 3.8) is 0 Å². The topological polar surface area (TPSA) is 88.2 Å². The highest BCUT2D eigenvalue weighted by molar-refractivity contribution is 6.05. The number of hydrogen-bond donors (Lipinski definition) is 1. The number of piperidine rings is 1. The lowest BCUT2D eigenvalue weighted by atomic mass is 10.0. The summed E-state index contributed by atoms with van der Waals surface area (Å²) in [5.74, 6) is -1.88. The molecule has 34 heavy (non-hydrogen) atoms. The van der Waals surface area contributed by atoms with Crippen LogP contribution in [-0.2, 0) is 34.0 Å². The summed E-state index contributed by atoms with van der Waals surface area (Å²) in [6, 6.07) is 3.06. The van der Waals surface area contributed by atoms with E-state index in [1.165, 1.54) is 4.90 Å². The highest BCUT2D eigenvalue weighted by Gasteiger charge is 2.40. The summed E-state index contributed by atoms with van der Waals surface area (Å²) < 4.78 is 51.4. The number of halogens is 1. The van der Waals surface area contributed by atoms with E-state index in [0.29, 0.717) is 37.4 Å². The molecule has 9 heteroatoms. The van der Waals surface area contributed by atoms with Gasteiger partial charge in [0.2, 0.25) is 11.8 Å². The van der Waals surface area contributed by atoms with Crippen LogP contribution >= 0.6 is 0 Å². The fraction of sp³-hybridized carbons (Fsp3) is 0.400. The van der Waals surface area contributed by atoms with E-state index in [4.69, 9.17) is 13.6 Å². The van der Waals surface area contributed by atoms with Crippen molar-refractivity contribution in [2.45, 2.75) is 38.6 Å². The number of nitrogens with zero attached hydrogens (tertiary/aromatic N) is 2. The van der Waals surface area contributed by atoms with Gasteiger partial charge in [0, 0.05) is 42.7 Å². The van der Waals surface area contributed by atoms with E-state index in [9.17, 15) is 14.4 Å². The van der Waals surface area contributed by atoms with Gasteiger partial charge in [0.15, 0.2) is 0 Å². The molecule has 3 aliphatic rings. The van der Waals surface area contributed by atoms with Gasteiger partial charge in [-0.15, -0.1) is 0 Å². The number of carbonyl (C=O) groups is 3. The molecular weight excluding hydrogens is 441 g/mol. The lowest BCUT2D eigenvalue weighted by Gasteiger charge is -2.29. The highest BCUT2D eigenvalue weighted by atomic mass is 19.1. The molecule has 5 rings (SSSR count). The molecule has 3 aliphatic heterocycles. The van der Waals surface area contributed by atoms with Crippen molar-refractivity contribution >= 4 is 17.7 Å². The molecule has 1 atom stereocenters. The number of ether oxygens (including phenoxy) is 2. The monoisotopic (exact) mass is 470 g/mol. The van der Waals surface area contributed by atoms with E-state index in [1.54, 1.807) is 18.2 Å². The molecule has 3 heterocycles. The number of hydrogen-bond acceptors (Lipinski definition) is 6. The van der Waals surface area contributed by atoms with Crippen LogP contribution in [0.15, 0.2) is 36.3 Å². The molecule has 0 saturated carbocycles. The highest BCUT2D eigenvalue weighted by Crippen LogP contribution is 2.34. The average Bonchev–Trinajstić information content (AvgIpc) is 3.23. The Morgan fingerprint density at radius 2 is 2.03 bits per heavy atom. The molecule has 0 unspecified atom stereocenters.